The molecule has 0 atom stereocenters. The van der Waals surface area contributed by atoms with E-state index < -0.39 is 0 Å². The van der Waals surface area contributed by atoms with Crippen molar-refractivity contribution in [2.75, 3.05) is 19.7 Å². The molecule has 0 aliphatic heterocycles. The zero-order valence-electron chi connectivity index (χ0n) is 11.6. The Kier molecular flexibility index (Phi) is 6.06. The number of ether oxygens (including phenoxy) is 1. The summed E-state index contributed by atoms with van der Waals surface area (Å²) in [5.74, 6) is 1.05. The van der Waals surface area contributed by atoms with Gasteiger partial charge in [0.15, 0.2) is 0 Å². The molecule has 17 heavy (non-hydrogen) atoms. The second kappa shape index (κ2) is 7.33. The van der Waals surface area contributed by atoms with E-state index in [1.807, 2.05) is 0 Å². The quantitative estimate of drug-likeness (QED) is 0.732. The van der Waals surface area contributed by atoms with Gasteiger partial charge in [0.2, 0.25) is 0 Å². The third-order valence-corrected chi connectivity index (χ3v) is 2.84. The molecule has 2 nitrogen and oxygen atoms in total. The zero-order valence-corrected chi connectivity index (χ0v) is 11.6. The van der Waals surface area contributed by atoms with Crippen molar-refractivity contribution in [1.82, 2.24) is 5.32 Å². The highest BCUT2D eigenvalue weighted by atomic mass is 16.5. The number of hydrogen-bond donors (Lipinski definition) is 1. The molecule has 1 aromatic carbocycles. The topological polar surface area (TPSA) is 21.3 Å². The minimum Gasteiger partial charge on any atom is -0.492 e. The lowest BCUT2D eigenvalue weighted by Crippen LogP contribution is -2.22. The Bertz CT molecular complexity index is 324. The first-order valence-electron chi connectivity index (χ1n) is 6.56. The summed E-state index contributed by atoms with van der Waals surface area (Å²) in [6, 6.07) is 4.35. The highest BCUT2D eigenvalue weighted by molar-refractivity contribution is 5.42. The number of aryl methyl sites for hydroxylation is 3. The lowest BCUT2D eigenvalue weighted by molar-refractivity contribution is 0.310. The Morgan fingerprint density at radius 3 is 2.29 bits per heavy atom. The van der Waals surface area contributed by atoms with Gasteiger partial charge in [0, 0.05) is 6.54 Å². The fraction of sp³-hybridized carbons (Fsp3) is 0.600. The molecule has 96 valence electrons. The second-order valence-electron chi connectivity index (χ2n) is 4.68. The first kappa shape index (κ1) is 14.0. The van der Waals surface area contributed by atoms with Crippen LogP contribution in [0.2, 0.25) is 0 Å². The van der Waals surface area contributed by atoms with Gasteiger partial charge < -0.3 is 10.1 Å². The largest absolute Gasteiger partial charge is 0.492 e. The molecule has 0 aromatic heterocycles. The number of rotatable bonds is 7. The molecule has 0 bridgehead atoms. The minimum atomic E-state index is 0.744. The predicted octanol–water partition coefficient (Wildman–Crippen LogP) is 3.38. The van der Waals surface area contributed by atoms with Crippen molar-refractivity contribution in [2.24, 2.45) is 0 Å². The van der Waals surface area contributed by atoms with Gasteiger partial charge in [0.25, 0.3) is 0 Å². The summed E-state index contributed by atoms with van der Waals surface area (Å²) in [7, 11) is 0. The normalized spacial score (nSPS) is 10.6. The molecule has 0 saturated heterocycles. The van der Waals surface area contributed by atoms with Crippen molar-refractivity contribution in [3.05, 3.63) is 28.8 Å². The summed E-state index contributed by atoms with van der Waals surface area (Å²) in [5, 5.41) is 3.38. The van der Waals surface area contributed by atoms with E-state index in [0.717, 1.165) is 25.4 Å². The third kappa shape index (κ3) is 4.78. The maximum Gasteiger partial charge on any atom is 0.125 e. The minimum absolute atomic E-state index is 0.744. The highest BCUT2D eigenvalue weighted by Crippen LogP contribution is 2.24. The van der Waals surface area contributed by atoms with E-state index in [-0.39, 0.29) is 0 Å². The van der Waals surface area contributed by atoms with Crippen molar-refractivity contribution in [3.63, 3.8) is 0 Å². The van der Waals surface area contributed by atoms with Gasteiger partial charge in [-0.05, 0) is 44.9 Å². The van der Waals surface area contributed by atoms with Crippen LogP contribution in [0.1, 0.15) is 36.5 Å². The van der Waals surface area contributed by atoms with Crippen LogP contribution in [0.4, 0.5) is 0 Å². The van der Waals surface area contributed by atoms with Crippen molar-refractivity contribution >= 4 is 0 Å². The van der Waals surface area contributed by atoms with Crippen molar-refractivity contribution in [3.8, 4) is 5.75 Å². The molecule has 0 unspecified atom stereocenters. The molecule has 0 radical (unpaired) electrons. The van der Waals surface area contributed by atoms with E-state index in [1.54, 1.807) is 0 Å². The summed E-state index contributed by atoms with van der Waals surface area (Å²) >= 11 is 0. The Hall–Kier alpha value is -1.02. The van der Waals surface area contributed by atoms with E-state index in [9.17, 15) is 0 Å². The molecule has 1 N–H and O–H groups in total. The van der Waals surface area contributed by atoms with Crippen LogP contribution in [0.15, 0.2) is 12.1 Å². The second-order valence-corrected chi connectivity index (χ2v) is 4.68. The van der Waals surface area contributed by atoms with Gasteiger partial charge in [0.1, 0.15) is 12.4 Å². The lowest BCUT2D eigenvalue weighted by Gasteiger charge is -2.13. The van der Waals surface area contributed by atoms with E-state index in [2.05, 4.69) is 45.1 Å². The van der Waals surface area contributed by atoms with Crippen molar-refractivity contribution in [1.29, 1.82) is 0 Å². The van der Waals surface area contributed by atoms with Crippen LogP contribution in [0, 0.1) is 20.8 Å². The van der Waals surface area contributed by atoms with E-state index >= 15 is 0 Å². The Morgan fingerprint density at radius 1 is 1.06 bits per heavy atom. The smallest absolute Gasteiger partial charge is 0.125 e. The Morgan fingerprint density at radius 2 is 1.71 bits per heavy atom. The van der Waals surface area contributed by atoms with E-state index in [4.69, 9.17) is 4.74 Å². The zero-order chi connectivity index (χ0) is 12.7. The van der Waals surface area contributed by atoms with Crippen LogP contribution >= 0.6 is 0 Å². The Labute approximate surface area is 105 Å². The van der Waals surface area contributed by atoms with Crippen LogP contribution in [0.5, 0.6) is 5.75 Å². The molecule has 2 heteroatoms. The van der Waals surface area contributed by atoms with Crippen LogP contribution in [-0.4, -0.2) is 19.7 Å². The summed E-state index contributed by atoms with van der Waals surface area (Å²) in [4.78, 5) is 0. The molecule has 0 aliphatic carbocycles. The van der Waals surface area contributed by atoms with Gasteiger partial charge in [-0.1, -0.05) is 31.0 Å². The summed E-state index contributed by atoms with van der Waals surface area (Å²) in [5.41, 5.74) is 3.76. The number of hydrogen-bond acceptors (Lipinski definition) is 2. The highest BCUT2D eigenvalue weighted by Gasteiger charge is 2.04. The predicted molar refractivity (Wildman–Crippen MR) is 73.9 cm³/mol. The SMILES string of the molecule is CCCCNCCOc1c(C)cc(C)cc1C. The van der Waals surface area contributed by atoms with Gasteiger partial charge in [-0.15, -0.1) is 0 Å². The monoisotopic (exact) mass is 235 g/mol. The van der Waals surface area contributed by atoms with Crippen LogP contribution in [0.3, 0.4) is 0 Å². The fourth-order valence-electron chi connectivity index (χ4n) is 2.05. The van der Waals surface area contributed by atoms with Crippen molar-refractivity contribution < 1.29 is 4.74 Å². The van der Waals surface area contributed by atoms with Gasteiger partial charge in [-0.3, -0.25) is 0 Å². The van der Waals surface area contributed by atoms with Gasteiger partial charge in [0.05, 0.1) is 0 Å². The van der Waals surface area contributed by atoms with Crippen LogP contribution < -0.4 is 10.1 Å². The van der Waals surface area contributed by atoms with Crippen molar-refractivity contribution in [2.45, 2.75) is 40.5 Å². The summed E-state index contributed by atoms with van der Waals surface area (Å²) in [6.45, 7) is 11.3. The van der Waals surface area contributed by atoms with Gasteiger partial charge in [-0.2, -0.15) is 0 Å². The molecular formula is C15H25NO. The number of unbranched alkanes of at least 4 members (excludes halogenated alkanes) is 1. The van der Waals surface area contributed by atoms with Crippen LogP contribution in [0.25, 0.3) is 0 Å². The Balaban J connectivity index is 2.36. The maximum atomic E-state index is 5.84. The number of nitrogens with one attached hydrogen (secondary N) is 1. The van der Waals surface area contributed by atoms with E-state index in [0.29, 0.717) is 0 Å². The molecular weight excluding hydrogens is 210 g/mol. The first-order chi connectivity index (χ1) is 8.15. The van der Waals surface area contributed by atoms with E-state index in [1.165, 1.54) is 29.5 Å². The molecule has 0 fully saturated rings. The standard InChI is InChI=1S/C15H25NO/c1-5-6-7-16-8-9-17-15-13(3)10-12(2)11-14(15)4/h10-11,16H,5-9H2,1-4H3. The number of benzene rings is 1. The first-order valence-corrected chi connectivity index (χ1v) is 6.56. The third-order valence-electron chi connectivity index (χ3n) is 2.84. The summed E-state index contributed by atoms with van der Waals surface area (Å²) < 4.78 is 5.84. The van der Waals surface area contributed by atoms with Gasteiger partial charge in [-0.25, -0.2) is 0 Å². The van der Waals surface area contributed by atoms with Gasteiger partial charge >= 0.3 is 0 Å². The molecule has 0 saturated carbocycles. The molecule has 0 aliphatic rings. The maximum absolute atomic E-state index is 5.84. The summed E-state index contributed by atoms with van der Waals surface area (Å²) in [6.07, 6.45) is 2.48. The molecule has 1 rings (SSSR count). The fourth-order valence-corrected chi connectivity index (χ4v) is 2.05. The molecule has 0 heterocycles. The average Bonchev–Trinajstić information content (AvgIpc) is 2.26. The van der Waals surface area contributed by atoms with Crippen LogP contribution in [-0.2, 0) is 0 Å². The average molecular weight is 235 g/mol. The molecule has 0 spiro atoms. The lowest BCUT2D eigenvalue weighted by atomic mass is 10.1. The molecule has 0 amide bonds. The molecule has 1 aromatic rings.